The lowest BCUT2D eigenvalue weighted by molar-refractivity contribution is 0.340. The zero-order valence-electron chi connectivity index (χ0n) is 21.5. The summed E-state index contributed by atoms with van der Waals surface area (Å²) in [4.78, 5) is 6.95. The first-order valence-electron chi connectivity index (χ1n) is 13.3. The molecule has 7 heteroatoms. The SMILES string of the molecule is COc1ccc(Oc2ccc(N3C(=S)N[C@@H](c4ccccn4)[C@H]3c3cccn3C3CCCCC3)cc2)cc1. The Hall–Kier alpha value is -3.84. The Labute approximate surface area is 229 Å². The van der Waals surface area contributed by atoms with E-state index in [9.17, 15) is 0 Å². The minimum Gasteiger partial charge on any atom is -0.497 e. The fourth-order valence-electron chi connectivity index (χ4n) is 5.74. The van der Waals surface area contributed by atoms with Gasteiger partial charge in [0.05, 0.1) is 18.8 Å². The summed E-state index contributed by atoms with van der Waals surface area (Å²) in [5, 5.41) is 4.29. The largest absolute Gasteiger partial charge is 0.497 e. The van der Waals surface area contributed by atoms with Gasteiger partial charge in [-0.3, -0.25) is 4.98 Å². The van der Waals surface area contributed by atoms with Gasteiger partial charge in [-0.1, -0.05) is 25.3 Å². The first-order chi connectivity index (χ1) is 18.7. The van der Waals surface area contributed by atoms with Crippen molar-refractivity contribution >= 4 is 23.0 Å². The van der Waals surface area contributed by atoms with E-state index in [1.807, 2.05) is 54.7 Å². The number of hydrogen-bond donors (Lipinski definition) is 1. The van der Waals surface area contributed by atoms with Crippen molar-refractivity contribution in [1.82, 2.24) is 14.9 Å². The number of anilines is 1. The molecule has 3 heterocycles. The second kappa shape index (κ2) is 10.9. The van der Waals surface area contributed by atoms with E-state index in [1.165, 1.54) is 37.8 Å². The molecule has 1 saturated carbocycles. The van der Waals surface area contributed by atoms with Gasteiger partial charge in [0.1, 0.15) is 23.3 Å². The van der Waals surface area contributed by atoms with Gasteiger partial charge in [0.15, 0.2) is 5.11 Å². The molecule has 1 aliphatic carbocycles. The molecule has 6 nitrogen and oxygen atoms in total. The molecule has 2 aromatic carbocycles. The van der Waals surface area contributed by atoms with Crippen molar-refractivity contribution in [2.45, 2.75) is 50.2 Å². The van der Waals surface area contributed by atoms with Gasteiger partial charge in [-0.05, 0) is 97.9 Å². The molecule has 1 aliphatic heterocycles. The van der Waals surface area contributed by atoms with Gasteiger partial charge in [-0.2, -0.15) is 0 Å². The molecule has 2 aliphatic rings. The van der Waals surface area contributed by atoms with Crippen LogP contribution in [0, 0.1) is 0 Å². The van der Waals surface area contributed by atoms with Crippen LogP contribution in [0.3, 0.4) is 0 Å². The van der Waals surface area contributed by atoms with Gasteiger partial charge >= 0.3 is 0 Å². The Bertz CT molecular complexity index is 1370. The molecule has 0 radical (unpaired) electrons. The zero-order valence-corrected chi connectivity index (χ0v) is 22.3. The van der Waals surface area contributed by atoms with Crippen LogP contribution in [0.25, 0.3) is 0 Å². The third-order valence-corrected chi connectivity index (χ3v) is 7.91. The van der Waals surface area contributed by atoms with Crippen LogP contribution in [0.5, 0.6) is 17.2 Å². The summed E-state index contributed by atoms with van der Waals surface area (Å²) in [6.45, 7) is 0. The second-order valence-corrected chi connectivity index (χ2v) is 10.3. The molecule has 0 spiro atoms. The van der Waals surface area contributed by atoms with Gasteiger partial charge in [0, 0.05) is 29.8 Å². The number of benzene rings is 2. The first-order valence-corrected chi connectivity index (χ1v) is 13.7. The summed E-state index contributed by atoms with van der Waals surface area (Å²) in [5.41, 5.74) is 3.26. The predicted octanol–water partition coefficient (Wildman–Crippen LogP) is 7.37. The van der Waals surface area contributed by atoms with Crippen molar-refractivity contribution in [2.24, 2.45) is 0 Å². The van der Waals surface area contributed by atoms with Crippen LogP contribution in [0.2, 0.25) is 0 Å². The van der Waals surface area contributed by atoms with E-state index in [1.54, 1.807) is 7.11 Å². The number of nitrogens with zero attached hydrogens (tertiary/aromatic N) is 3. The zero-order chi connectivity index (χ0) is 25.9. The predicted molar refractivity (Wildman–Crippen MR) is 154 cm³/mol. The third kappa shape index (κ3) is 4.86. The molecular formula is C31H32N4O2S. The van der Waals surface area contributed by atoms with Crippen LogP contribution in [-0.2, 0) is 0 Å². The van der Waals surface area contributed by atoms with E-state index in [4.69, 9.17) is 26.7 Å². The average molecular weight is 525 g/mol. The molecule has 38 heavy (non-hydrogen) atoms. The molecule has 0 unspecified atom stereocenters. The van der Waals surface area contributed by atoms with Crippen LogP contribution in [0.15, 0.2) is 91.3 Å². The van der Waals surface area contributed by atoms with Crippen LogP contribution in [0.4, 0.5) is 5.69 Å². The lowest BCUT2D eigenvalue weighted by atomic mass is 9.94. The number of methoxy groups -OCH3 is 1. The van der Waals surface area contributed by atoms with Crippen molar-refractivity contribution in [2.75, 3.05) is 12.0 Å². The molecule has 2 atom stereocenters. The molecule has 0 amide bonds. The number of ether oxygens (including phenoxy) is 2. The van der Waals surface area contributed by atoms with Crippen LogP contribution >= 0.6 is 12.2 Å². The molecule has 6 rings (SSSR count). The van der Waals surface area contributed by atoms with E-state index in [0.29, 0.717) is 11.2 Å². The Balaban J connectivity index is 1.33. The van der Waals surface area contributed by atoms with E-state index in [0.717, 1.165) is 28.6 Å². The third-order valence-electron chi connectivity index (χ3n) is 7.59. The second-order valence-electron chi connectivity index (χ2n) is 9.90. The van der Waals surface area contributed by atoms with Crippen molar-refractivity contribution in [1.29, 1.82) is 0 Å². The minimum absolute atomic E-state index is 0.0253. The topological polar surface area (TPSA) is 51.6 Å². The Morgan fingerprint density at radius 2 is 1.55 bits per heavy atom. The highest BCUT2D eigenvalue weighted by molar-refractivity contribution is 7.80. The average Bonchev–Trinajstić information content (AvgIpc) is 3.59. The number of nitrogens with one attached hydrogen (secondary N) is 1. The molecule has 2 aromatic heterocycles. The molecule has 1 N–H and O–H groups in total. The van der Waals surface area contributed by atoms with Crippen LogP contribution in [-0.4, -0.2) is 21.8 Å². The fourth-order valence-corrected chi connectivity index (χ4v) is 6.08. The van der Waals surface area contributed by atoms with E-state index in [2.05, 4.69) is 51.3 Å². The van der Waals surface area contributed by atoms with Gasteiger partial charge in [0.25, 0.3) is 0 Å². The molecule has 4 aromatic rings. The minimum atomic E-state index is -0.0591. The Kier molecular flexibility index (Phi) is 7.01. The summed E-state index contributed by atoms with van der Waals surface area (Å²) >= 11 is 5.95. The van der Waals surface area contributed by atoms with Gasteiger partial charge < -0.3 is 24.3 Å². The first kappa shape index (κ1) is 24.5. The Morgan fingerprint density at radius 3 is 2.24 bits per heavy atom. The monoisotopic (exact) mass is 524 g/mol. The molecule has 0 bridgehead atoms. The maximum absolute atomic E-state index is 6.07. The van der Waals surface area contributed by atoms with E-state index >= 15 is 0 Å². The molecule has 1 saturated heterocycles. The Morgan fingerprint density at radius 1 is 0.842 bits per heavy atom. The van der Waals surface area contributed by atoms with Gasteiger partial charge in [0.2, 0.25) is 0 Å². The fraction of sp³-hybridized carbons (Fsp3) is 0.290. The summed E-state index contributed by atoms with van der Waals surface area (Å²) in [5.74, 6) is 2.32. The highest BCUT2D eigenvalue weighted by Gasteiger charge is 2.42. The van der Waals surface area contributed by atoms with E-state index in [-0.39, 0.29) is 12.1 Å². The summed E-state index contributed by atoms with van der Waals surface area (Å²) < 4.78 is 13.8. The summed E-state index contributed by atoms with van der Waals surface area (Å²) in [6.07, 6.45) is 10.4. The molecule has 194 valence electrons. The smallest absolute Gasteiger partial charge is 0.174 e. The molecular weight excluding hydrogens is 492 g/mol. The van der Waals surface area contributed by atoms with Crippen LogP contribution in [0.1, 0.15) is 61.6 Å². The quantitative estimate of drug-likeness (QED) is 0.255. The van der Waals surface area contributed by atoms with E-state index < -0.39 is 0 Å². The van der Waals surface area contributed by atoms with Gasteiger partial charge in [-0.25, -0.2) is 0 Å². The maximum Gasteiger partial charge on any atom is 0.174 e. The molecule has 2 fully saturated rings. The standard InChI is InChI=1S/C31H32N4O2S/c1-36-24-16-18-26(19-17-24)37-25-14-12-23(13-15-25)35-30(29(33-31(35)38)27-10-5-6-20-32-27)28-11-7-21-34(28)22-8-3-2-4-9-22/h5-7,10-22,29-30H,2-4,8-9H2,1H3,(H,33,38)/t29-,30+/m0/s1. The highest BCUT2D eigenvalue weighted by atomic mass is 32.1. The normalized spacial score (nSPS) is 19.8. The number of rotatable bonds is 7. The van der Waals surface area contributed by atoms with Crippen molar-refractivity contribution in [3.8, 4) is 17.2 Å². The number of pyridine rings is 1. The van der Waals surface area contributed by atoms with Gasteiger partial charge in [-0.15, -0.1) is 0 Å². The lowest BCUT2D eigenvalue weighted by Crippen LogP contribution is -2.31. The van der Waals surface area contributed by atoms with Crippen molar-refractivity contribution in [3.05, 3.63) is 103 Å². The van der Waals surface area contributed by atoms with Crippen molar-refractivity contribution in [3.63, 3.8) is 0 Å². The number of aromatic nitrogens is 2. The number of hydrogen-bond acceptors (Lipinski definition) is 4. The van der Waals surface area contributed by atoms with Crippen molar-refractivity contribution < 1.29 is 9.47 Å². The maximum atomic E-state index is 6.07. The number of thiocarbonyl (C=S) groups is 1. The summed E-state index contributed by atoms with van der Waals surface area (Å²) in [7, 11) is 1.66. The summed E-state index contributed by atoms with van der Waals surface area (Å²) in [6, 6.07) is 26.7. The lowest BCUT2D eigenvalue weighted by Gasteiger charge is -2.32. The highest BCUT2D eigenvalue weighted by Crippen LogP contribution is 2.44. The van der Waals surface area contributed by atoms with Crippen LogP contribution < -0.4 is 19.7 Å².